The second kappa shape index (κ2) is 6.96. The molecule has 2 atom stereocenters. The van der Waals surface area contributed by atoms with Crippen molar-refractivity contribution in [2.45, 2.75) is 26.4 Å². The van der Waals surface area contributed by atoms with Gasteiger partial charge in [0.2, 0.25) is 11.8 Å². The number of rotatable bonds is 4. The molecule has 0 saturated carbocycles. The molecule has 0 aliphatic carbocycles. The zero-order chi connectivity index (χ0) is 19.0. The maximum Gasteiger partial charge on any atom is 0.244 e. The number of halogens is 1. The monoisotopic (exact) mass is 387 g/mol. The molecule has 2 aromatic rings. The molecule has 142 valence electrons. The van der Waals surface area contributed by atoms with Gasteiger partial charge in [0.05, 0.1) is 16.6 Å². The van der Waals surface area contributed by atoms with Crippen molar-refractivity contribution in [1.29, 1.82) is 0 Å². The highest BCUT2D eigenvalue weighted by molar-refractivity contribution is 6.30. The van der Waals surface area contributed by atoms with E-state index in [0.29, 0.717) is 24.7 Å². The first kappa shape index (κ1) is 18.0. The van der Waals surface area contributed by atoms with Crippen molar-refractivity contribution >= 4 is 23.4 Å². The van der Waals surface area contributed by atoms with Crippen LogP contribution in [-0.2, 0) is 22.7 Å². The summed E-state index contributed by atoms with van der Waals surface area (Å²) in [5.74, 6) is 0.252. The summed E-state index contributed by atoms with van der Waals surface area (Å²) < 4.78 is 1.53. The van der Waals surface area contributed by atoms with Crippen LogP contribution < -0.4 is 0 Å². The van der Waals surface area contributed by atoms with Gasteiger partial charge < -0.3 is 9.80 Å². The second-order valence-corrected chi connectivity index (χ2v) is 7.96. The summed E-state index contributed by atoms with van der Waals surface area (Å²) in [6, 6.07) is 3.86. The zero-order valence-electron chi connectivity index (χ0n) is 15.2. The Labute approximate surface area is 162 Å². The summed E-state index contributed by atoms with van der Waals surface area (Å²) in [5.41, 5.74) is 0.552. The molecule has 2 saturated heterocycles. The first-order valence-corrected chi connectivity index (χ1v) is 9.50. The molecule has 2 amide bonds. The van der Waals surface area contributed by atoms with Gasteiger partial charge in [0.15, 0.2) is 0 Å². The predicted octanol–water partition coefficient (Wildman–Crippen LogP) is 1.83. The normalized spacial score (nSPS) is 25.0. The lowest BCUT2D eigenvalue weighted by Gasteiger charge is -2.26. The van der Waals surface area contributed by atoms with Crippen molar-refractivity contribution in [3.05, 3.63) is 47.5 Å². The third kappa shape index (κ3) is 3.32. The van der Waals surface area contributed by atoms with Crippen LogP contribution in [0.1, 0.15) is 18.9 Å². The molecule has 0 unspecified atom stereocenters. The number of hydrogen-bond donors (Lipinski definition) is 0. The van der Waals surface area contributed by atoms with Crippen molar-refractivity contribution in [3.8, 4) is 0 Å². The topological polar surface area (TPSA) is 71.3 Å². The van der Waals surface area contributed by atoms with Crippen molar-refractivity contribution in [2.24, 2.45) is 11.3 Å². The van der Waals surface area contributed by atoms with Crippen LogP contribution in [0.2, 0.25) is 5.02 Å². The van der Waals surface area contributed by atoms with E-state index in [1.165, 1.54) is 10.9 Å². The molecule has 0 bridgehead atoms. The van der Waals surface area contributed by atoms with Gasteiger partial charge in [-0.05, 0) is 24.0 Å². The quantitative estimate of drug-likeness (QED) is 0.802. The fraction of sp³-hybridized carbons (Fsp3) is 0.474. The van der Waals surface area contributed by atoms with E-state index in [0.717, 1.165) is 18.5 Å². The van der Waals surface area contributed by atoms with E-state index in [4.69, 9.17) is 11.6 Å². The van der Waals surface area contributed by atoms with E-state index in [9.17, 15) is 9.59 Å². The Morgan fingerprint density at radius 2 is 2.26 bits per heavy atom. The largest absolute Gasteiger partial charge is 0.340 e. The number of carbonyl (C=O) groups excluding carboxylic acids is 2. The molecule has 27 heavy (non-hydrogen) atoms. The fourth-order valence-corrected chi connectivity index (χ4v) is 4.40. The molecule has 1 spiro atoms. The van der Waals surface area contributed by atoms with E-state index in [1.807, 2.05) is 17.0 Å². The molecular weight excluding hydrogens is 366 g/mol. The second-order valence-electron chi connectivity index (χ2n) is 7.53. The van der Waals surface area contributed by atoms with Crippen molar-refractivity contribution < 1.29 is 9.59 Å². The minimum Gasteiger partial charge on any atom is -0.340 e. The van der Waals surface area contributed by atoms with Crippen LogP contribution in [0.4, 0.5) is 0 Å². The summed E-state index contributed by atoms with van der Waals surface area (Å²) >= 11 is 5.86. The van der Waals surface area contributed by atoms with Gasteiger partial charge in [0.1, 0.15) is 6.54 Å². The minimum absolute atomic E-state index is 0.0306. The Kier molecular flexibility index (Phi) is 4.63. The number of amides is 2. The zero-order valence-corrected chi connectivity index (χ0v) is 16.0. The van der Waals surface area contributed by atoms with Crippen molar-refractivity contribution in [3.63, 3.8) is 0 Å². The van der Waals surface area contributed by atoms with Crippen LogP contribution in [0.15, 0.2) is 36.9 Å². The standard InChI is InChI=1S/C19H22ClN5O2/c1-14-9-24(17(26)12-25-11-16(20)8-22-25)13-19(14)4-6-23(18(19)27)10-15-3-2-5-21-7-15/h2-3,5,7-8,11,14H,4,6,9-10,12-13H2,1H3/t14-,19-/m1/s1. The van der Waals surface area contributed by atoms with Gasteiger partial charge in [-0.25, -0.2) is 0 Å². The van der Waals surface area contributed by atoms with Gasteiger partial charge >= 0.3 is 0 Å². The lowest BCUT2D eigenvalue weighted by molar-refractivity contribution is -0.138. The van der Waals surface area contributed by atoms with Crippen LogP contribution in [0, 0.1) is 11.3 Å². The number of nitrogens with zero attached hydrogens (tertiary/aromatic N) is 5. The average Bonchev–Trinajstić information content (AvgIpc) is 3.31. The third-order valence-electron chi connectivity index (χ3n) is 5.80. The van der Waals surface area contributed by atoms with E-state index < -0.39 is 5.41 Å². The maximum absolute atomic E-state index is 13.2. The predicted molar refractivity (Wildman–Crippen MR) is 99.7 cm³/mol. The molecular formula is C19H22ClN5O2. The van der Waals surface area contributed by atoms with Crippen LogP contribution in [0.25, 0.3) is 0 Å². The third-order valence-corrected chi connectivity index (χ3v) is 5.99. The number of carbonyl (C=O) groups is 2. The SMILES string of the molecule is C[C@@H]1CN(C(=O)Cn2cc(Cl)cn2)C[C@]12CCN(Cc1cccnc1)C2=O. The van der Waals surface area contributed by atoms with Crippen LogP contribution in [0.3, 0.4) is 0 Å². The summed E-state index contributed by atoms with van der Waals surface area (Å²) in [6.07, 6.45) is 7.45. The molecule has 4 rings (SSSR count). The van der Waals surface area contributed by atoms with Crippen molar-refractivity contribution in [1.82, 2.24) is 24.6 Å². The molecule has 2 aromatic heterocycles. The fourth-order valence-electron chi connectivity index (χ4n) is 4.24. The summed E-state index contributed by atoms with van der Waals surface area (Å²) in [4.78, 5) is 33.7. The molecule has 2 aliphatic heterocycles. The highest BCUT2D eigenvalue weighted by atomic mass is 35.5. The Balaban J connectivity index is 1.44. The summed E-state index contributed by atoms with van der Waals surface area (Å²) in [6.45, 7) is 4.58. The van der Waals surface area contributed by atoms with Crippen molar-refractivity contribution in [2.75, 3.05) is 19.6 Å². The highest BCUT2D eigenvalue weighted by Gasteiger charge is 2.55. The van der Waals surface area contributed by atoms with E-state index in [-0.39, 0.29) is 24.3 Å². The molecule has 0 radical (unpaired) electrons. The number of pyridine rings is 1. The number of likely N-dealkylation sites (tertiary alicyclic amines) is 2. The first-order valence-electron chi connectivity index (χ1n) is 9.12. The highest BCUT2D eigenvalue weighted by Crippen LogP contribution is 2.45. The van der Waals surface area contributed by atoms with E-state index >= 15 is 0 Å². The Bertz CT molecular complexity index is 855. The van der Waals surface area contributed by atoms with Gasteiger partial charge in [-0.1, -0.05) is 24.6 Å². The minimum atomic E-state index is -0.473. The first-order chi connectivity index (χ1) is 13.0. The molecule has 8 heteroatoms. The maximum atomic E-state index is 13.2. The van der Waals surface area contributed by atoms with Gasteiger partial charge in [0, 0.05) is 44.8 Å². The molecule has 0 N–H and O–H groups in total. The average molecular weight is 388 g/mol. The van der Waals surface area contributed by atoms with Gasteiger partial charge in [0.25, 0.3) is 0 Å². The summed E-state index contributed by atoms with van der Waals surface area (Å²) in [7, 11) is 0. The number of hydrogen-bond acceptors (Lipinski definition) is 4. The van der Waals surface area contributed by atoms with Crippen LogP contribution >= 0.6 is 11.6 Å². The lowest BCUT2D eigenvalue weighted by Crippen LogP contribution is -2.40. The van der Waals surface area contributed by atoms with E-state index in [2.05, 4.69) is 17.0 Å². The molecule has 2 fully saturated rings. The van der Waals surface area contributed by atoms with Crippen LogP contribution in [-0.4, -0.2) is 56.0 Å². The lowest BCUT2D eigenvalue weighted by atomic mass is 9.78. The Hall–Kier alpha value is -2.41. The van der Waals surface area contributed by atoms with Gasteiger partial charge in [-0.3, -0.25) is 19.3 Å². The molecule has 2 aliphatic rings. The molecule has 4 heterocycles. The van der Waals surface area contributed by atoms with Crippen LogP contribution in [0.5, 0.6) is 0 Å². The summed E-state index contributed by atoms with van der Waals surface area (Å²) in [5, 5.41) is 4.57. The number of aromatic nitrogens is 3. The Morgan fingerprint density at radius 3 is 2.96 bits per heavy atom. The van der Waals surface area contributed by atoms with E-state index in [1.54, 1.807) is 23.5 Å². The Morgan fingerprint density at radius 1 is 1.41 bits per heavy atom. The van der Waals surface area contributed by atoms with Gasteiger partial charge in [-0.15, -0.1) is 0 Å². The molecule has 7 nitrogen and oxygen atoms in total. The molecule has 0 aromatic carbocycles. The smallest absolute Gasteiger partial charge is 0.244 e. The van der Waals surface area contributed by atoms with Gasteiger partial charge in [-0.2, -0.15) is 5.10 Å².